The zero-order chi connectivity index (χ0) is 12.5. The summed E-state index contributed by atoms with van der Waals surface area (Å²) >= 11 is 5.93. The Kier molecular flexibility index (Phi) is 4.15. The number of hydrogen-bond donors (Lipinski definition) is 1. The van der Waals surface area contributed by atoms with Gasteiger partial charge >= 0.3 is 0 Å². The van der Waals surface area contributed by atoms with E-state index in [1.165, 1.54) is 52.5 Å². The summed E-state index contributed by atoms with van der Waals surface area (Å²) in [5, 5.41) is 3.74. The Bertz CT molecular complexity index is 438. The van der Waals surface area contributed by atoms with Crippen molar-refractivity contribution in [3.05, 3.63) is 26.2 Å². The molecular formula is C14H18BrIN2. The van der Waals surface area contributed by atoms with Crippen LogP contribution in [0.25, 0.3) is 0 Å². The highest BCUT2D eigenvalue weighted by Crippen LogP contribution is 2.30. The molecule has 4 heteroatoms. The molecule has 2 aliphatic rings. The van der Waals surface area contributed by atoms with E-state index in [9.17, 15) is 0 Å². The predicted molar refractivity (Wildman–Crippen MR) is 88.1 cm³/mol. The van der Waals surface area contributed by atoms with Crippen molar-refractivity contribution in [2.45, 2.75) is 37.8 Å². The number of rotatable bonds is 2. The highest BCUT2D eigenvalue weighted by atomic mass is 127. The maximum atomic E-state index is 3.74. The van der Waals surface area contributed by atoms with E-state index in [1.807, 2.05) is 0 Å². The van der Waals surface area contributed by atoms with Gasteiger partial charge in [-0.25, -0.2) is 0 Å². The molecule has 0 spiro atoms. The molecule has 2 aliphatic heterocycles. The summed E-state index contributed by atoms with van der Waals surface area (Å²) in [6.07, 6.45) is 5.44. The second kappa shape index (κ2) is 5.67. The minimum atomic E-state index is 0.641. The number of fused-ring (bicyclic) bond motifs is 1. The summed E-state index contributed by atoms with van der Waals surface area (Å²) in [7, 11) is 0. The van der Waals surface area contributed by atoms with Gasteiger partial charge in [0.15, 0.2) is 0 Å². The van der Waals surface area contributed by atoms with Crippen molar-refractivity contribution in [3.63, 3.8) is 0 Å². The molecule has 3 rings (SSSR count). The van der Waals surface area contributed by atoms with Crippen LogP contribution in [0.1, 0.15) is 25.7 Å². The Balaban J connectivity index is 1.70. The highest BCUT2D eigenvalue weighted by Gasteiger charge is 2.35. The lowest BCUT2D eigenvalue weighted by atomic mass is 9.99. The molecule has 98 valence electrons. The van der Waals surface area contributed by atoms with E-state index in [-0.39, 0.29) is 0 Å². The molecule has 2 atom stereocenters. The van der Waals surface area contributed by atoms with Crippen LogP contribution in [-0.2, 0) is 0 Å². The third kappa shape index (κ3) is 2.70. The molecule has 0 aliphatic carbocycles. The van der Waals surface area contributed by atoms with Gasteiger partial charge < -0.3 is 5.32 Å². The summed E-state index contributed by atoms with van der Waals surface area (Å²) in [5.74, 6) is 0. The smallest absolute Gasteiger partial charge is 0.0429 e. The molecule has 0 radical (unpaired) electrons. The normalized spacial score (nSPS) is 28.1. The van der Waals surface area contributed by atoms with E-state index >= 15 is 0 Å². The Morgan fingerprint density at radius 1 is 1.22 bits per heavy atom. The van der Waals surface area contributed by atoms with E-state index in [4.69, 9.17) is 0 Å². The number of hydrogen-bond acceptors (Lipinski definition) is 2. The van der Waals surface area contributed by atoms with Crippen molar-refractivity contribution < 1.29 is 0 Å². The Hall–Kier alpha value is 0.190. The van der Waals surface area contributed by atoms with Crippen LogP contribution in [0.3, 0.4) is 0 Å². The summed E-state index contributed by atoms with van der Waals surface area (Å²) in [4.78, 5) is 2.67. The lowest BCUT2D eigenvalue weighted by molar-refractivity contribution is 0.193. The van der Waals surface area contributed by atoms with Gasteiger partial charge in [0, 0.05) is 32.4 Å². The maximum Gasteiger partial charge on any atom is 0.0429 e. The van der Waals surface area contributed by atoms with Gasteiger partial charge in [0.25, 0.3) is 0 Å². The quantitative estimate of drug-likeness (QED) is 0.724. The van der Waals surface area contributed by atoms with Crippen LogP contribution in [0.15, 0.2) is 22.7 Å². The average molecular weight is 421 g/mol. The number of anilines is 1. The van der Waals surface area contributed by atoms with Crippen LogP contribution < -0.4 is 5.32 Å². The van der Waals surface area contributed by atoms with Gasteiger partial charge in [-0.1, -0.05) is 6.42 Å². The minimum Gasteiger partial charge on any atom is -0.381 e. The van der Waals surface area contributed by atoms with Crippen molar-refractivity contribution in [3.8, 4) is 0 Å². The van der Waals surface area contributed by atoms with Gasteiger partial charge in [-0.2, -0.15) is 0 Å². The van der Waals surface area contributed by atoms with E-state index in [1.54, 1.807) is 0 Å². The van der Waals surface area contributed by atoms with Crippen molar-refractivity contribution in [1.29, 1.82) is 0 Å². The van der Waals surface area contributed by atoms with Gasteiger partial charge in [-0.3, -0.25) is 4.90 Å². The predicted octanol–water partition coefficient (Wildman–Crippen LogP) is 4.09. The standard InChI is InChI=1S/C14H18BrIN2/c15-11-5-4-10(9-12(11)16)17-13-6-8-18-7-2-1-3-14(13)18/h4-5,9,13-14,17H,1-3,6-8H2. The first-order valence-electron chi connectivity index (χ1n) is 6.70. The van der Waals surface area contributed by atoms with Crippen molar-refractivity contribution >= 4 is 44.2 Å². The average Bonchev–Trinajstić information content (AvgIpc) is 2.78. The fourth-order valence-corrected chi connectivity index (χ4v) is 3.98. The minimum absolute atomic E-state index is 0.641. The van der Waals surface area contributed by atoms with E-state index in [0.717, 1.165) is 6.04 Å². The monoisotopic (exact) mass is 420 g/mol. The van der Waals surface area contributed by atoms with Gasteiger partial charge in [-0.15, -0.1) is 0 Å². The van der Waals surface area contributed by atoms with Crippen molar-refractivity contribution in [2.75, 3.05) is 18.4 Å². The van der Waals surface area contributed by atoms with Crippen molar-refractivity contribution in [2.24, 2.45) is 0 Å². The molecule has 1 aromatic carbocycles. The fourth-order valence-electron chi connectivity index (χ4n) is 3.22. The Labute approximate surface area is 131 Å². The maximum absolute atomic E-state index is 3.74. The molecule has 1 N–H and O–H groups in total. The van der Waals surface area contributed by atoms with Gasteiger partial charge in [-0.05, 0) is 82.5 Å². The molecule has 2 saturated heterocycles. The molecule has 2 nitrogen and oxygen atoms in total. The Morgan fingerprint density at radius 3 is 2.94 bits per heavy atom. The molecule has 1 aromatic rings. The molecule has 0 aromatic heterocycles. The van der Waals surface area contributed by atoms with Crippen LogP contribution >= 0.6 is 38.5 Å². The number of nitrogens with one attached hydrogen (secondary N) is 1. The van der Waals surface area contributed by atoms with Crippen LogP contribution in [0.5, 0.6) is 0 Å². The molecule has 2 unspecified atom stereocenters. The van der Waals surface area contributed by atoms with Gasteiger partial charge in [0.2, 0.25) is 0 Å². The number of benzene rings is 1. The molecule has 0 bridgehead atoms. The molecule has 2 fully saturated rings. The topological polar surface area (TPSA) is 15.3 Å². The SMILES string of the molecule is Brc1ccc(NC2CCN3CCCCC23)cc1I. The summed E-state index contributed by atoms with van der Waals surface area (Å²) in [6, 6.07) is 7.95. The molecular weight excluding hydrogens is 403 g/mol. The summed E-state index contributed by atoms with van der Waals surface area (Å²) in [6.45, 7) is 2.58. The summed E-state index contributed by atoms with van der Waals surface area (Å²) in [5.41, 5.74) is 1.26. The van der Waals surface area contributed by atoms with E-state index in [0.29, 0.717) is 6.04 Å². The van der Waals surface area contributed by atoms with E-state index < -0.39 is 0 Å². The number of nitrogens with zero attached hydrogens (tertiary/aromatic N) is 1. The summed E-state index contributed by atoms with van der Waals surface area (Å²) < 4.78 is 2.45. The van der Waals surface area contributed by atoms with E-state index in [2.05, 4.69) is 66.9 Å². The lowest BCUT2D eigenvalue weighted by Gasteiger charge is -2.33. The first-order chi connectivity index (χ1) is 8.74. The number of piperidine rings is 1. The molecule has 18 heavy (non-hydrogen) atoms. The number of halogens is 2. The van der Waals surface area contributed by atoms with Crippen LogP contribution in [-0.4, -0.2) is 30.1 Å². The first kappa shape index (κ1) is 13.2. The molecule has 2 heterocycles. The largest absolute Gasteiger partial charge is 0.381 e. The van der Waals surface area contributed by atoms with Crippen molar-refractivity contribution in [1.82, 2.24) is 4.90 Å². The highest BCUT2D eigenvalue weighted by molar-refractivity contribution is 14.1. The lowest BCUT2D eigenvalue weighted by Crippen LogP contribution is -2.41. The Morgan fingerprint density at radius 2 is 2.11 bits per heavy atom. The first-order valence-corrected chi connectivity index (χ1v) is 8.57. The van der Waals surface area contributed by atoms with Crippen LogP contribution in [0, 0.1) is 3.57 Å². The zero-order valence-corrected chi connectivity index (χ0v) is 14.1. The zero-order valence-electron chi connectivity index (χ0n) is 10.3. The fraction of sp³-hybridized carbons (Fsp3) is 0.571. The molecule has 0 saturated carbocycles. The van der Waals surface area contributed by atoms with Crippen LogP contribution in [0.2, 0.25) is 0 Å². The second-order valence-electron chi connectivity index (χ2n) is 5.27. The third-order valence-corrected chi connectivity index (χ3v) is 6.45. The second-order valence-corrected chi connectivity index (χ2v) is 7.28. The molecule has 0 amide bonds. The van der Waals surface area contributed by atoms with Gasteiger partial charge in [0.1, 0.15) is 0 Å². The van der Waals surface area contributed by atoms with Gasteiger partial charge in [0.05, 0.1) is 0 Å². The van der Waals surface area contributed by atoms with Crippen LogP contribution in [0.4, 0.5) is 5.69 Å². The third-order valence-electron chi connectivity index (χ3n) is 4.13.